The molecule has 0 aliphatic carbocycles. The van der Waals surface area contributed by atoms with Gasteiger partial charge in [0.2, 0.25) is 5.89 Å². The van der Waals surface area contributed by atoms with Crippen LogP contribution < -0.4 is 18.9 Å². The van der Waals surface area contributed by atoms with E-state index in [1.165, 1.54) is 37.6 Å². The number of pyridine rings is 1. The van der Waals surface area contributed by atoms with E-state index in [1.807, 2.05) is 55.1 Å². The standard InChI is InChI=1S/C44H38ClF4N3O8/c1-24-27(23-57-39-16-37(29(21-53)14-34(39)45)56-22-26-13-30(19-50-18-26)58-43(46)47)7-4-8-31(24)32-9-5-10-33(25(32)2)41-51-35-15-28(38(60-44(48)49)17-40(35)59-41)20-52-12-6-11-36(52)42(54)55-3/h4-5,7-10,13-19,21,36,43-44H,6,11-12,20,22-23H2,1-3H3/t36-/m0/s1. The first-order valence-corrected chi connectivity index (χ1v) is 19.1. The Morgan fingerprint density at radius 3 is 2.37 bits per heavy atom. The Bertz CT molecular complexity index is 2530. The van der Waals surface area contributed by atoms with E-state index in [1.54, 1.807) is 6.07 Å². The molecule has 0 radical (unpaired) electrons. The second kappa shape index (κ2) is 18.4. The molecule has 16 heteroatoms. The van der Waals surface area contributed by atoms with E-state index in [4.69, 9.17) is 39.9 Å². The lowest BCUT2D eigenvalue weighted by atomic mass is 9.91. The normalized spacial score (nSPS) is 14.2. The molecule has 0 saturated carbocycles. The fourth-order valence-electron chi connectivity index (χ4n) is 7.28. The number of aromatic nitrogens is 2. The Hall–Kier alpha value is -6.19. The number of ether oxygens (including phenoxy) is 5. The van der Waals surface area contributed by atoms with Crippen LogP contribution in [-0.4, -0.2) is 60.0 Å². The van der Waals surface area contributed by atoms with Crippen LogP contribution in [-0.2, 0) is 29.3 Å². The van der Waals surface area contributed by atoms with Crippen LogP contribution in [0.3, 0.4) is 0 Å². The summed E-state index contributed by atoms with van der Waals surface area (Å²) in [6.07, 6.45) is 4.52. The number of carbonyl (C=O) groups is 2. The number of nitrogens with zero attached hydrogens (tertiary/aromatic N) is 3. The number of likely N-dealkylation sites (tertiary alicyclic amines) is 1. The minimum Gasteiger partial charge on any atom is -0.488 e. The fraction of sp³-hybridized carbons (Fsp3) is 0.273. The zero-order valence-electron chi connectivity index (χ0n) is 32.6. The van der Waals surface area contributed by atoms with Crippen molar-refractivity contribution in [2.24, 2.45) is 0 Å². The number of methoxy groups -OCH3 is 1. The average molecular weight is 848 g/mol. The van der Waals surface area contributed by atoms with Gasteiger partial charge in [-0.3, -0.25) is 19.5 Å². The number of hydrogen-bond donors (Lipinski definition) is 0. The SMILES string of the molecule is COC(=O)[C@@H]1CCCN1Cc1cc2nc(-c3cccc(-c4cccc(COc5cc(OCc6cncc(OC(F)F)c6)c(C=O)cc5Cl)c4C)c3C)oc2cc1OC(F)F. The van der Waals surface area contributed by atoms with Crippen molar-refractivity contribution in [2.45, 2.75) is 65.7 Å². The van der Waals surface area contributed by atoms with Gasteiger partial charge in [-0.2, -0.15) is 17.6 Å². The molecule has 6 aromatic rings. The molecular weight excluding hydrogens is 810 g/mol. The van der Waals surface area contributed by atoms with Gasteiger partial charge in [-0.25, -0.2) is 4.98 Å². The van der Waals surface area contributed by atoms with E-state index in [9.17, 15) is 27.2 Å². The van der Waals surface area contributed by atoms with Crippen LogP contribution in [0.4, 0.5) is 17.6 Å². The summed E-state index contributed by atoms with van der Waals surface area (Å²) in [7, 11) is 1.32. The minimum atomic E-state index is -3.08. The topological polar surface area (TPSA) is 122 Å². The summed E-state index contributed by atoms with van der Waals surface area (Å²) in [5.74, 6) is 0.116. The summed E-state index contributed by atoms with van der Waals surface area (Å²) in [5.41, 5.74) is 6.81. The lowest BCUT2D eigenvalue weighted by Crippen LogP contribution is -2.36. The largest absolute Gasteiger partial charge is 0.488 e. The summed E-state index contributed by atoms with van der Waals surface area (Å²) in [4.78, 5) is 34.8. The number of benzene rings is 4. The van der Waals surface area contributed by atoms with Gasteiger partial charge in [0.15, 0.2) is 11.9 Å². The molecule has 0 N–H and O–H groups in total. The molecule has 0 spiro atoms. The molecule has 1 fully saturated rings. The Morgan fingerprint density at radius 2 is 1.62 bits per heavy atom. The molecule has 0 bridgehead atoms. The molecular formula is C44H38ClF4N3O8. The third-order valence-corrected chi connectivity index (χ3v) is 10.6. The van der Waals surface area contributed by atoms with Gasteiger partial charge in [-0.15, -0.1) is 0 Å². The van der Waals surface area contributed by atoms with E-state index in [2.05, 4.69) is 9.72 Å². The summed E-state index contributed by atoms with van der Waals surface area (Å²) >= 11 is 6.51. The van der Waals surface area contributed by atoms with Crippen LogP contribution in [0.25, 0.3) is 33.7 Å². The van der Waals surface area contributed by atoms with Gasteiger partial charge in [-0.1, -0.05) is 41.9 Å². The molecule has 7 rings (SSSR count). The lowest BCUT2D eigenvalue weighted by Gasteiger charge is -2.23. The molecule has 1 aliphatic rings. The van der Waals surface area contributed by atoms with E-state index < -0.39 is 19.3 Å². The quantitative estimate of drug-likeness (QED) is 0.0526. The number of esters is 1. The van der Waals surface area contributed by atoms with Crippen molar-refractivity contribution in [3.8, 4) is 45.6 Å². The molecule has 60 heavy (non-hydrogen) atoms. The third kappa shape index (κ3) is 9.32. The maximum absolute atomic E-state index is 13.6. The van der Waals surface area contributed by atoms with Gasteiger partial charge in [0.1, 0.15) is 47.8 Å². The van der Waals surface area contributed by atoms with Crippen LogP contribution in [0.1, 0.15) is 51.0 Å². The van der Waals surface area contributed by atoms with Crippen molar-refractivity contribution in [1.29, 1.82) is 0 Å². The van der Waals surface area contributed by atoms with Crippen LogP contribution in [0.5, 0.6) is 23.0 Å². The van der Waals surface area contributed by atoms with Crippen LogP contribution >= 0.6 is 11.6 Å². The summed E-state index contributed by atoms with van der Waals surface area (Å²) in [6, 6.07) is 18.3. The molecule has 2 aromatic heterocycles. The van der Waals surface area contributed by atoms with Crippen molar-refractivity contribution in [1.82, 2.24) is 14.9 Å². The maximum Gasteiger partial charge on any atom is 0.387 e. The lowest BCUT2D eigenvalue weighted by molar-refractivity contribution is -0.146. The summed E-state index contributed by atoms with van der Waals surface area (Å²) < 4.78 is 85.0. The van der Waals surface area contributed by atoms with E-state index >= 15 is 0 Å². The summed E-state index contributed by atoms with van der Waals surface area (Å²) in [5, 5.41) is 0.176. The molecule has 1 saturated heterocycles. The van der Waals surface area contributed by atoms with Crippen LogP contribution in [0.15, 0.2) is 83.5 Å². The van der Waals surface area contributed by atoms with Crippen molar-refractivity contribution in [3.63, 3.8) is 0 Å². The predicted octanol–water partition coefficient (Wildman–Crippen LogP) is 10.1. The Kier molecular flexibility index (Phi) is 12.9. The van der Waals surface area contributed by atoms with Crippen molar-refractivity contribution < 1.29 is 55.3 Å². The van der Waals surface area contributed by atoms with Crippen molar-refractivity contribution in [2.75, 3.05) is 13.7 Å². The first kappa shape index (κ1) is 42.0. The number of halogens is 5. The molecule has 11 nitrogen and oxygen atoms in total. The monoisotopic (exact) mass is 847 g/mol. The molecule has 312 valence electrons. The number of alkyl halides is 4. The molecule has 1 atom stereocenters. The second-order valence-corrected chi connectivity index (χ2v) is 14.4. The number of oxazole rings is 1. The molecule has 0 unspecified atom stereocenters. The number of rotatable bonds is 16. The number of fused-ring (bicyclic) bond motifs is 1. The molecule has 0 amide bonds. The average Bonchev–Trinajstić information content (AvgIpc) is 3.86. The number of carbonyl (C=O) groups excluding carboxylic acids is 2. The van der Waals surface area contributed by atoms with E-state index in [0.29, 0.717) is 41.5 Å². The van der Waals surface area contributed by atoms with E-state index in [0.717, 1.165) is 40.4 Å². The second-order valence-electron chi connectivity index (χ2n) is 14.0. The first-order valence-electron chi connectivity index (χ1n) is 18.7. The molecule has 4 aromatic carbocycles. The molecule has 1 aliphatic heterocycles. The van der Waals surface area contributed by atoms with Gasteiger partial charge in [0, 0.05) is 41.6 Å². The summed E-state index contributed by atoms with van der Waals surface area (Å²) in [6.45, 7) is -1.43. The van der Waals surface area contributed by atoms with Gasteiger partial charge in [0.25, 0.3) is 0 Å². The smallest absolute Gasteiger partial charge is 0.387 e. The zero-order valence-corrected chi connectivity index (χ0v) is 33.3. The van der Waals surface area contributed by atoms with Gasteiger partial charge >= 0.3 is 19.2 Å². The zero-order chi connectivity index (χ0) is 42.5. The predicted molar refractivity (Wildman–Crippen MR) is 213 cm³/mol. The van der Waals surface area contributed by atoms with Gasteiger partial charge in [0.05, 0.1) is 23.9 Å². The number of hydrogen-bond acceptors (Lipinski definition) is 11. The Balaban J connectivity index is 1.12. The van der Waals surface area contributed by atoms with E-state index in [-0.39, 0.29) is 70.8 Å². The highest BCUT2D eigenvalue weighted by Gasteiger charge is 2.32. The van der Waals surface area contributed by atoms with Gasteiger partial charge in [-0.05, 0) is 85.3 Å². The maximum atomic E-state index is 13.6. The Labute approximate surface area is 346 Å². The van der Waals surface area contributed by atoms with Crippen molar-refractivity contribution >= 4 is 35.0 Å². The van der Waals surface area contributed by atoms with Crippen LogP contribution in [0.2, 0.25) is 5.02 Å². The highest BCUT2D eigenvalue weighted by molar-refractivity contribution is 6.32. The first-order chi connectivity index (χ1) is 28.9. The highest BCUT2D eigenvalue weighted by atomic mass is 35.5. The van der Waals surface area contributed by atoms with Crippen LogP contribution in [0, 0.1) is 13.8 Å². The van der Waals surface area contributed by atoms with Gasteiger partial charge < -0.3 is 28.1 Å². The molecule has 3 heterocycles. The fourth-order valence-corrected chi connectivity index (χ4v) is 7.50. The minimum absolute atomic E-state index is 0.0658. The Morgan fingerprint density at radius 1 is 0.883 bits per heavy atom. The highest BCUT2D eigenvalue weighted by Crippen LogP contribution is 2.38. The van der Waals surface area contributed by atoms with Crippen molar-refractivity contribution in [3.05, 3.63) is 118 Å². The number of aldehydes is 1. The third-order valence-electron chi connectivity index (χ3n) is 10.3.